The monoisotopic (exact) mass is 209 g/mol. The van der Waals surface area contributed by atoms with Crippen molar-refractivity contribution >= 4 is 10.8 Å². The van der Waals surface area contributed by atoms with Crippen LogP contribution in [-0.4, -0.2) is 6.54 Å². The van der Waals surface area contributed by atoms with E-state index in [1.807, 2.05) is 6.07 Å². The summed E-state index contributed by atoms with van der Waals surface area (Å²) < 4.78 is 0. The Morgan fingerprint density at radius 2 is 1.88 bits per heavy atom. The Bertz CT molecular complexity index is 553. The predicted octanol–water partition coefficient (Wildman–Crippen LogP) is 2.71. The van der Waals surface area contributed by atoms with Crippen molar-refractivity contribution in [3.63, 3.8) is 0 Å². The van der Waals surface area contributed by atoms with Crippen LogP contribution in [0.1, 0.15) is 18.1 Å². The second-order valence-electron chi connectivity index (χ2n) is 3.68. The minimum absolute atomic E-state index is 0.407. The number of rotatable bonds is 1. The Morgan fingerprint density at radius 3 is 2.56 bits per heavy atom. The summed E-state index contributed by atoms with van der Waals surface area (Å²) >= 11 is 0. The van der Waals surface area contributed by atoms with E-state index < -0.39 is 0 Å². The van der Waals surface area contributed by atoms with E-state index in [1.54, 1.807) is 0 Å². The third kappa shape index (κ3) is 1.93. The van der Waals surface area contributed by atoms with Gasteiger partial charge in [0.1, 0.15) is 0 Å². The van der Waals surface area contributed by atoms with E-state index in [0.717, 1.165) is 12.0 Å². The number of hydrogen-bond donors (Lipinski definition) is 1. The summed E-state index contributed by atoms with van der Waals surface area (Å²) in [5.74, 6) is 6.07. The van der Waals surface area contributed by atoms with Gasteiger partial charge in [-0.3, -0.25) is 0 Å². The number of hydrogen-bond acceptors (Lipinski definition) is 1. The van der Waals surface area contributed by atoms with Crippen LogP contribution in [0.4, 0.5) is 0 Å². The zero-order chi connectivity index (χ0) is 11.4. The quantitative estimate of drug-likeness (QED) is 0.718. The van der Waals surface area contributed by atoms with Crippen molar-refractivity contribution in [3.05, 3.63) is 47.5 Å². The highest BCUT2D eigenvalue weighted by molar-refractivity contribution is 5.91. The molecule has 2 rings (SSSR count). The SMILES string of the molecule is CCc1cccc2cccc(C#CCN)c12. The average molecular weight is 209 g/mol. The summed E-state index contributed by atoms with van der Waals surface area (Å²) in [6, 6.07) is 12.6. The highest BCUT2D eigenvalue weighted by atomic mass is 14.5. The summed E-state index contributed by atoms with van der Waals surface area (Å²) in [5.41, 5.74) is 7.85. The fourth-order valence-electron chi connectivity index (χ4n) is 1.96. The molecule has 0 saturated carbocycles. The molecule has 0 radical (unpaired) electrons. The third-order valence-electron chi connectivity index (χ3n) is 2.70. The van der Waals surface area contributed by atoms with Crippen molar-refractivity contribution in [1.82, 2.24) is 0 Å². The molecule has 16 heavy (non-hydrogen) atoms. The molecule has 2 aromatic carbocycles. The average Bonchev–Trinajstić information content (AvgIpc) is 2.35. The van der Waals surface area contributed by atoms with Gasteiger partial charge in [-0.25, -0.2) is 0 Å². The van der Waals surface area contributed by atoms with E-state index in [1.165, 1.54) is 16.3 Å². The standard InChI is InChI=1S/C15H15N/c1-2-12-6-3-7-13-8-4-9-14(15(12)13)10-5-11-16/h3-4,6-9H,2,11,16H2,1H3. The molecule has 2 N–H and O–H groups in total. The first-order valence-corrected chi connectivity index (χ1v) is 5.56. The summed E-state index contributed by atoms with van der Waals surface area (Å²) in [5, 5.41) is 2.52. The van der Waals surface area contributed by atoms with Crippen LogP contribution in [0.25, 0.3) is 10.8 Å². The molecule has 0 unspecified atom stereocenters. The lowest BCUT2D eigenvalue weighted by atomic mass is 9.98. The van der Waals surface area contributed by atoms with Gasteiger partial charge in [-0.15, -0.1) is 0 Å². The lowest BCUT2D eigenvalue weighted by Crippen LogP contribution is -1.93. The molecule has 1 heteroatoms. The molecular formula is C15H15N. The molecule has 80 valence electrons. The van der Waals surface area contributed by atoms with E-state index in [2.05, 4.69) is 49.1 Å². The summed E-state index contributed by atoms with van der Waals surface area (Å²) in [7, 11) is 0. The molecule has 1 nitrogen and oxygen atoms in total. The molecule has 0 saturated heterocycles. The van der Waals surface area contributed by atoms with Gasteiger partial charge in [0, 0.05) is 10.9 Å². The van der Waals surface area contributed by atoms with E-state index in [4.69, 9.17) is 5.73 Å². The van der Waals surface area contributed by atoms with Crippen molar-refractivity contribution in [2.45, 2.75) is 13.3 Å². The molecule has 0 bridgehead atoms. The fourth-order valence-corrected chi connectivity index (χ4v) is 1.96. The molecule has 0 aliphatic heterocycles. The van der Waals surface area contributed by atoms with Gasteiger partial charge in [0.25, 0.3) is 0 Å². The van der Waals surface area contributed by atoms with Gasteiger partial charge in [0.15, 0.2) is 0 Å². The summed E-state index contributed by atoms with van der Waals surface area (Å²) in [6.07, 6.45) is 1.03. The van der Waals surface area contributed by atoms with Crippen LogP contribution in [0.3, 0.4) is 0 Å². The van der Waals surface area contributed by atoms with Crippen LogP contribution in [-0.2, 0) is 6.42 Å². The number of aryl methyl sites for hydroxylation is 1. The zero-order valence-electron chi connectivity index (χ0n) is 9.46. The number of nitrogens with two attached hydrogens (primary N) is 1. The van der Waals surface area contributed by atoms with Gasteiger partial charge in [-0.2, -0.15) is 0 Å². The first-order valence-electron chi connectivity index (χ1n) is 5.56. The first kappa shape index (κ1) is 10.7. The second-order valence-corrected chi connectivity index (χ2v) is 3.68. The summed E-state index contributed by atoms with van der Waals surface area (Å²) in [6.45, 7) is 2.58. The molecule has 0 atom stereocenters. The van der Waals surface area contributed by atoms with Crippen LogP contribution >= 0.6 is 0 Å². The minimum atomic E-state index is 0.407. The van der Waals surface area contributed by atoms with Crippen LogP contribution in [0.15, 0.2) is 36.4 Å². The van der Waals surface area contributed by atoms with Crippen molar-refractivity contribution in [2.24, 2.45) is 5.73 Å². The van der Waals surface area contributed by atoms with Gasteiger partial charge >= 0.3 is 0 Å². The maximum absolute atomic E-state index is 5.42. The van der Waals surface area contributed by atoms with Crippen LogP contribution in [0.5, 0.6) is 0 Å². The number of benzene rings is 2. The van der Waals surface area contributed by atoms with Crippen LogP contribution < -0.4 is 5.73 Å². The predicted molar refractivity (Wildman–Crippen MR) is 69.3 cm³/mol. The smallest absolute Gasteiger partial charge is 0.0555 e. The Labute approximate surface area is 96.3 Å². The van der Waals surface area contributed by atoms with Crippen molar-refractivity contribution in [3.8, 4) is 11.8 Å². The molecule has 0 amide bonds. The molecular weight excluding hydrogens is 194 g/mol. The van der Waals surface area contributed by atoms with Gasteiger partial charge < -0.3 is 5.73 Å². The maximum atomic E-state index is 5.42. The molecule has 0 spiro atoms. The molecule has 0 aliphatic carbocycles. The lowest BCUT2D eigenvalue weighted by molar-refractivity contribution is 1.16. The molecule has 0 aliphatic rings. The van der Waals surface area contributed by atoms with Crippen LogP contribution in [0, 0.1) is 11.8 Å². The Morgan fingerprint density at radius 1 is 1.12 bits per heavy atom. The Balaban J connectivity index is 2.73. The fraction of sp³-hybridized carbons (Fsp3) is 0.200. The van der Waals surface area contributed by atoms with E-state index in [0.29, 0.717) is 6.54 Å². The number of fused-ring (bicyclic) bond motifs is 1. The Hall–Kier alpha value is -1.78. The van der Waals surface area contributed by atoms with E-state index in [9.17, 15) is 0 Å². The van der Waals surface area contributed by atoms with Gasteiger partial charge in [-0.05, 0) is 23.4 Å². The van der Waals surface area contributed by atoms with Gasteiger partial charge in [0.05, 0.1) is 6.54 Å². The maximum Gasteiger partial charge on any atom is 0.0555 e. The highest BCUT2D eigenvalue weighted by Gasteiger charge is 2.02. The molecule has 0 heterocycles. The third-order valence-corrected chi connectivity index (χ3v) is 2.70. The van der Waals surface area contributed by atoms with Crippen LogP contribution in [0.2, 0.25) is 0 Å². The second kappa shape index (κ2) is 4.83. The van der Waals surface area contributed by atoms with Gasteiger partial charge in [0.2, 0.25) is 0 Å². The largest absolute Gasteiger partial charge is 0.320 e. The normalized spacial score (nSPS) is 9.88. The van der Waals surface area contributed by atoms with Crippen molar-refractivity contribution < 1.29 is 0 Å². The minimum Gasteiger partial charge on any atom is -0.320 e. The van der Waals surface area contributed by atoms with Gasteiger partial charge in [-0.1, -0.05) is 49.1 Å². The summed E-state index contributed by atoms with van der Waals surface area (Å²) in [4.78, 5) is 0. The van der Waals surface area contributed by atoms with E-state index >= 15 is 0 Å². The van der Waals surface area contributed by atoms with Crippen molar-refractivity contribution in [2.75, 3.05) is 6.54 Å². The molecule has 0 aromatic heterocycles. The lowest BCUT2D eigenvalue weighted by Gasteiger charge is -2.06. The van der Waals surface area contributed by atoms with Crippen molar-refractivity contribution in [1.29, 1.82) is 0 Å². The zero-order valence-corrected chi connectivity index (χ0v) is 9.46. The molecule has 2 aromatic rings. The molecule has 0 fully saturated rings. The first-order chi connectivity index (χ1) is 7.86. The highest BCUT2D eigenvalue weighted by Crippen LogP contribution is 2.22. The Kier molecular flexibility index (Phi) is 3.24. The van der Waals surface area contributed by atoms with E-state index in [-0.39, 0.29) is 0 Å². The topological polar surface area (TPSA) is 26.0 Å².